The van der Waals surface area contributed by atoms with Crippen LogP contribution in [0.5, 0.6) is 0 Å². The molecule has 0 aliphatic heterocycles. The molecule has 0 spiro atoms. The summed E-state index contributed by atoms with van der Waals surface area (Å²) >= 11 is 4.82. The Kier molecular flexibility index (Phi) is 6.05. The fraction of sp³-hybridized carbons (Fsp3) is 0.364. The zero-order chi connectivity index (χ0) is 14.5. The molecule has 0 amide bonds. The Hall–Kier alpha value is -0.830. The van der Waals surface area contributed by atoms with Gasteiger partial charge in [0.05, 0.1) is 5.75 Å². The molecular formula is C11H16N2O3S3. The quantitative estimate of drug-likeness (QED) is 0.697. The maximum atomic E-state index is 11.7. The molecule has 0 bridgehead atoms. The fourth-order valence-electron chi connectivity index (χ4n) is 1.38. The Morgan fingerprint density at radius 1 is 1.37 bits per heavy atom. The van der Waals surface area contributed by atoms with E-state index in [1.165, 1.54) is 6.26 Å². The van der Waals surface area contributed by atoms with E-state index in [1.807, 2.05) is 0 Å². The number of hydrogen-bond acceptors (Lipinski definition) is 4. The Balaban J connectivity index is 2.62. The Labute approximate surface area is 121 Å². The Morgan fingerprint density at radius 3 is 2.42 bits per heavy atom. The number of benzene rings is 1. The predicted molar refractivity (Wildman–Crippen MR) is 81.9 cm³/mol. The minimum absolute atomic E-state index is 0.124. The second kappa shape index (κ2) is 7.09. The van der Waals surface area contributed by atoms with Gasteiger partial charge < -0.3 is 5.73 Å². The lowest BCUT2D eigenvalue weighted by Gasteiger charge is -2.06. The highest BCUT2D eigenvalue weighted by Crippen LogP contribution is 2.07. The topological polar surface area (TPSA) is 89.3 Å². The summed E-state index contributed by atoms with van der Waals surface area (Å²) in [6.45, 7) is 0.177. The van der Waals surface area contributed by atoms with Crippen LogP contribution in [-0.4, -0.2) is 36.2 Å². The highest BCUT2D eigenvalue weighted by molar-refractivity contribution is 7.88. The van der Waals surface area contributed by atoms with Crippen LogP contribution in [0.15, 0.2) is 24.3 Å². The summed E-state index contributed by atoms with van der Waals surface area (Å²) in [5, 5.41) is 0. The molecule has 106 valence electrons. The van der Waals surface area contributed by atoms with E-state index < -0.39 is 20.8 Å². The molecule has 0 saturated heterocycles. The van der Waals surface area contributed by atoms with Crippen molar-refractivity contribution in [2.75, 3.05) is 18.6 Å². The van der Waals surface area contributed by atoms with Gasteiger partial charge in [-0.2, -0.15) is 0 Å². The van der Waals surface area contributed by atoms with E-state index in [2.05, 4.69) is 4.72 Å². The second-order valence-corrected chi connectivity index (χ2v) is 7.79. The average Bonchev–Trinajstić information content (AvgIpc) is 2.28. The maximum Gasteiger partial charge on any atom is 0.215 e. The van der Waals surface area contributed by atoms with E-state index in [-0.39, 0.29) is 17.3 Å². The van der Waals surface area contributed by atoms with Gasteiger partial charge in [-0.1, -0.05) is 36.5 Å². The van der Waals surface area contributed by atoms with Crippen molar-refractivity contribution in [3.63, 3.8) is 0 Å². The van der Waals surface area contributed by atoms with Crippen LogP contribution in [0.4, 0.5) is 0 Å². The normalized spacial score (nSPS) is 13.1. The summed E-state index contributed by atoms with van der Waals surface area (Å²) in [5.74, 6) is 0.181. The standard InChI is InChI=1S/C11H16N2O3S3/c1-18(14)7-6-13-19(15,16)8-9-2-4-10(5-3-9)11(12)17/h2-5,13H,6-8H2,1H3,(H2,12,17). The van der Waals surface area contributed by atoms with Crippen LogP contribution >= 0.6 is 12.2 Å². The zero-order valence-electron chi connectivity index (χ0n) is 10.5. The smallest absolute Gasteiger partial charge is 0.215 e. The largest absolute Gasteiger partial charge is 0.389 e. The number of rotatable bonds is 7. The molecule has 0 fully saturated rings. The van der Waals surface area contributed by atoms with Crippen molar-refractivity contribution in [1.82, 2.24) is 4.72 Å². The van der Waals surface area contributed by atoms with Crippen molar-refractivity contribution < 1.29 is 12.6 Å². The van der Waals surface area contributed by atoms with Gasteiger partial charge in [-0.15, -0.1) is 0 Å². The van der Waals surface area contributed by atoms with Crippen LogP contribution < -0.4 is 10.5 Å². The average molecular weight is 320 g/mol. The minimum Gasteiger partial charge on any atom is -0.389 e. The summed E-state index contributed by atoms with van der Waals surface area (Å²) in [4.78, 5) is 0.276. The molecule has 0 aliphatic rings. The number of hydrogen-bond donors (Lipinski definition) is 2. The van der Waals surface area contributed by atoms with E-state index in [0.717, 1.165) is 0 Å². The van der Waals surface area contributed by atoms with Crippen molar-refractivity contribution in [1.29, 1.82) is 0 Å². The monoisotopic (exact) mass is 320 g/mol. The van der Waals surface area contributed by atoms with Gasteiger partial charge in [0.1, 0.15) is 4.99 Å². The van der Waals surface area contributed by atoms with Crippen molar-refractivity contribution in [3.05, 3.63) is 35.4 Å². The first kappa shape index (κ1) is 16.2. The van der Waals surface area contributed by atoms with E-state index in [1.54, 1.807) is 24.3 Å². The molecule has 1 atom stereocenters. The van der Waals surface area contributed by atoms with Crippen LogP contribution in [0.1, 0.15) is 11.1 Å². The number of thiocarbonyl (C=S) groups is 1. The number of nitrogens with two attached hydrogens (primary N) is 1. The Bertz CT molecular complexity index is 567. The van der Waals surface area contributed by atoms with Crippen molar-refractivity contribution in [2.24, 2.45) is 5.73 Å². The van der Waals surface area contributed by atoms with Crippen LogP contribution in [0.3, 0.4) is 0 Å². The number of nitrogens with one attached hydrogen (secondary N) is 1. The molecular weight excluding hydrogens is 304 g/mol. The fourth-order valence-corrected chi connectivity index (χ4v) is 3.18. The first-order chi connectivity index (χ1) is 8.80. The summed E-state index contributed by atoms with van der Waals surface area (Å²) < 4.78 is 36.7. The van der Waals surface area contributed by atoms with Gasteiger partial charge in [0.25, 0.3) is 0 Å². The summed E-state index contributed by atoms with van der Waals surface area (Å²) in [6.07, 6.45) is 1.53. The molecule has 3 N–H and O–H groups in total. The van der Waals surface area contributed by atoms with Gasteiger partial charge in [0, 0.05) is 34.9 Å². The lowest BCUT2D eigenvalue weighted by Crippen LogP contribution is -2.28. The molecule has 0 heterocycles. The molecule has 1 aromatic carbocycles. The zero-order valence-corrected chi connectivity index (χ0v) is 12.9. The van der Waals surface area contributed by atoms with Gasteiger partial charge in [0.15, 0.2) is 0 Å². The molecule has 19 heavy (non-hydrogen) atoms. The van der Waals surface area contributed by atoms with Gasteiger partial charge in [-0.3, -0.25) is 4.21 Å². The molecule has 1 aromatic rings. The van der Waals surface area contributed by atoms with Crippen LogP contribution in [0, 0.1) is 0 Å². The minimum atomic E-state index is -3.41. The van der Waals surface area contributed by atoms with E-state index in [4.69, 9.17) is 18.0 Å². The van der Waals surface area contributed by atoms with Crippen LogP contribution in [0.2, 0.25) is 0 Å². The molecule has 5 nitrogen and oxygen atoms in total. The molecule has 0 aromatic heterocycles. The van der Waals surface area contributed by atoms with Crippen molar-refractivity contribution in [3.8, 4) is 0 Å². The lowest BCUT2D eigenvalue weighted by atomic mass is 10.1. The molecule has 0 saturated carbocycles. The highest BCUT2D eigenvalue weighted by atomic mass is 32.2. The Morgan fingerprint density at radius 2 is 1.95 bits per heavy atom. The maximum absolute atomic E-state index is 11.7. The third-order valence-corrected chi connectivity index (χ3v) is 4.68. The first-order valence-electron chi connectivity index (χ1n) is 5.46. The van der Waals surface area contributed by atoms with Crippen molar-refractivity contribution >= 4 is 38.0 Å². The van der Waals surface area contributed by atoms with E-state index in [0.29, 0.717) is 16.9 Å². The van der Waals surface area contributed by atoms with Crippen LogP contribution in [-0.2, 0) is 26.6 Å². The van der Waals surface area contributed by atoms with E-state index in [9.17, 15) is 12.6 Å². The molecule has 0 radical (unpaired) electrons. The van der Waals surface area contributed by atoms with Gasteiger partial charge in [0.2, 0.25) is 10.0 Å². The van der Waals surface area contributed by atoms with Gasteiger partial charge >= 0.3 is 0 Å². The third kappa shape index (κ3) is 6.24. The third-order valence-electron chi connectivity index (χ3n) is 2.31. The van der Waals surface area contributed by atoms with E-state index >= 15 is 0 Å². The first-order valence-corrected chi connectivity index (χ1v) is 9.25. The highest BCUT2D eigenvalue weighted by Gasteiger charge is 2.11. The molecule has 1 unspecified atom stereocenters. The lowest BCUT2D eigenvalue weighted by molar-refractivity contribution is 0.583. The molecule has 0 aliphatic carbocycles. The van der Waals surface area contributed by atoms with Crippen molar-refractivity contribution in [2.45, 2.75) is 5.75 Å². The number of sulfonamides is 1. The summed E-state index contributed by atoms with van der Waals surface area (Å²) in [6, 6.07) is 6.72. The van der Waals surface area contributed by atoms with Gasteiger partial charge in [-0.25, -0.2) is 13.1 Å². The van der Waals surface area contributed by atoms with Gasteiger partial charge in [-0.05, 0) is 5.56 Å². The molecule has 8 heteroatoms. The molecule has 1 rings (SSSR count). The predicted octanol–water partition coefficient (Wildman–Crippen LogP) is 0.119. The summed E-state index contributed by atoms with van der Waals surface area (Å²) in [7, 11) is -4.42. The second-order valence-electron chi connectivity index (χ2n) is 3.99. The summed E-state index contributed by atoms with van der Waals surface area (Å²) in [5.41, 5.74) is 6.80. The SMILES string of the molecule is CS(=O)CCNS(=O)(=O)Cc1ccc(C(N)=S)cc1. The van der Waals surface area contributed by atoms with Crippen LogP contribution in [0.25, 0.3) is 0 Å².